The van der Waals surface area contributed by atoms with Crippen molar-refractivity contribution in [3.63, 3.8) is 0 Å². The molecule has 1 aromatic heterocycles. The molecule has 0 saturated heterocycles. The lowest BCUT2D eigenvalue weighted by Gasteiger charge is -2.08. The third kappa shape index (κ3) is 3.93. The quantitative estimate of drug-likeness (QED) is 0.776. The highest BCUT2D eigenvalue weighted by Gasteiger charge is 2.08. The maximum absolute atomic E-state index is 12.2. The summed E-state index contributed by atoms with van der Waals surface area (Å²) in [6.45, 7) is 2.93. The van der Waals surface area contributed by atoms with Crippen molar-refractivity contribution in [3.05, 3.63) is 51.7 Å². The molecule has 0 atom stereocenters. The van der Waals surface area contributed by atoms with Gasteiger partial charge in [-0.2, -0.15) is 0 Å². The third-order valence-corrected chi connectivity index (χ3v) is 3.64. The summed E-state index contributed by atoms with van der Waals surface area (Å²) in [6.07, 6.45) is 2.66. The Balaban J connectivity index is 2.11. The topological polar surface area (TPSA) is 54.0 Å². The zero-order valence-corrected chi connectivity index (χ0v) is 13.3. The van der Waals surface area contributed by atoms with E-state index in [1.54, 1.807) is 18.3 Å². The Morgan fingerprint density at radius 2 is 2.10 bits per heavy atom. The lowest BCUT2D eigenvalue weighted by Crippen LogP contribution is -2.13. The predicted molar refractivity (Wildman–Crippen MR) is 90.1 cm³/mol. The van der Waals surface area contributed by atoms with Gasteiger partial charge in [0.25, 0.3) is 5.91 Å². The molecule has 1 aromatic carbocycles. The van der Waals surface area contributed by atoms with Crippen LogP contribution in [-0.2, 0) is 0 Å². The highest BCUT2D eigenvalue weighted by molar-refractivity contribution is 14.1. The van der Waals surface area contributed by atoms with Gasteiger partial charge in [0, 0.05) is 21.9 Å². The molecule has 0 aliphatic heterocycles. The number of nitrogens with one attached hydrogen (secondary N) is 2. The summed E-state index contributed by atoms with van der Waals surface area (Å²) in [5.74, 6) is 0.596. The van der Waals surface area contributed by atoms with Gasteiger partial charge in [0.1, 0.15) is 5.82 Å². The minimum Gasteiger partial charge on any atom is -0.370 e. The molecule has 2 N–H and O–H groups in total. The molecule has 5 heteroatoms. The summed E-state index contributed by atoms with van der Waals surface area (Å²) in [4.78, 5) is 16.4. The van der Waals surface area contributed by atoms with Crippen molar-refractivity contribution >= 4 is 40.0 Å². The molecule has 0 saturated carbocycles. The van der Waals surface area contributed by atoms with E-state index in [0.29, 0.717) is 5.56 Å². The maximum atomic E-state index is 12.2. The minimum absolute atomic E-state index is 0.129. The van der Waals surface area contributed by atoms with E-state index < -0.39 is 0 Å². The third-order valence-electron chi connectivity index (χ3n) is 2.70. The SMILES string of the molecule is CCCNc1cc(C(=O)Nc2ccccc2I)ccn1. The van der Waals surface area contributed by atoms with Crippen LogP contribution in [0.2, 0.25) is 0 Å². The van der Waals surface area contributed by atoms with E-state index in [2.05, 4.69) is 45.1 Å². The normalized spacial score (nSPS) is 10.1. The highest BCUT2D eigenvalue weighted by atomic mass is 127. The number of benzene rings is 1. The molecule has 0 spiro atoms. The number of amides is 1. The van der Waals surface area contributed by atoms with Crippen molar-refractivity contribution in [2.75, 3.05) is 17.2 Å². The van der Waals surface area contributed by atoms with Gasteiger partial charge < -0.3 is 10.6 Å². The Morgan fingerprint density at radius 3 is 2.85 bits per heavy atom. The molecule has 4 nitrogen and oxygen atoms in total. The van der Waals surface area contributed by atoms with Crippen LogP contribution in [0.4, 0.5) is 11.5 Å². The fraction of sp³-hybridized carbons (Fsp3) is 0.200. The van der Waals surface area contributed by atoms with E-state index >= 15 is 0 Å². The Morgan fingerprint density at radius 1 is 1.30 bits per heavy atom. The number of para-hydroxylation sites is 1. The van der Waals surface area contributed by atoms with Crippen LogP contribution in [0.5, 0.6) is 0 Å². The molecule has 20 heavy (non-hydrogen) atoms. The predicted octanol–water partition coefficient (Wildman–Crippen LogP) is 3.76. The number of hydrogen-bond donors (Lipinski definition) is 2. The molecule has 0 aliphatic rings. The molecule has 2 aromatic rings. The Hall–Kier alpha value is -1.63. The molecule has 104 valence electrons. The average Bonchev–Trinajstić information content (AvgIpc) is 2.48. The number of hydrogen-bond acceptors (Lipinski definition) is 3. The molecule has 2 rings (SSSR count). The van der Waals surface area contributed by atoms with E-state index in [4.69, 9.17) is 0 Å². The molecule has 0 radical (unpaired) electrons. The first-order valence-electron chi connectivity index (χ1n) is 6.46. The van der Waals surface area contributed by atoms with Crippen LogP contribution < -0.4 is 10.6 Å². The van der Waals surface area contributed by atoms with Gasteiger partial charge in [-0.1, -0.05) is 19.1 Å². The van der Waals surface area contributed by atoms with Crippen molar-refractivity contribution in [2.24, 2.45) is 0 Å². The largest absolute Gasteiger partial charge is 0.370 e. The number of aromatic nitrogens is 1. The van der Waals surface area contributed by atoms with Crippen LogP contribution in [0.1, 0.15) is 23.7 Å². The summed E-state index contributed by atoms with van der Waals surface area (Å²) in [5.41, 5.74) is 1.41. The van der Waals surface area contributed by atoms with Gasteiger partial charge in [-0.25, -0.2) is 4.98 Å². The molecule has 0 fully saturated rings. The van der Waals surface area contributed by atoms with Crippen LogP contribution in [0.25, 0.3) is 0 Å². The van der Waals surface area contributed by atoms with Crippen LogP contribution in [0, 0.1) is 3.57 Å². The molecule has 1 amide bonds. The second-order valence-corrected chi connectivity index (χ2v) is 5.45. The number of anilines is 2. The van der Waals surface area contributed by atoms with Crippen molar-refractivity contribution in [2.45, 2.75) is 13.3 Å². The van der Waals surface area contributed by atoms with Gasteiger partial charge in [0.2, 0.25) is 0 Å². The fourth-order valence-corrected chi connectivity index (χ4v) is 2.20. The molecular formula is C15H16IN3O. The molecule has 0 unspecified atom stereocenters. The van der Waals surface area contributed by atoms with E-state index in [0.717, 1.165) is 28.0 Å². The first kappa shape index (κ1) is 14.8. The molecule has 1 heterocycles. The van der Waals surface area contributed by atoms with Crippen molar-refractivity contribution in [1.29, 1.82) is 0 Å². The smallest absolute Gasteiger partial charge is 0.255 e. The van der Waals surface area contributed by atoms with Gasteiger partial charge in [-0.15, -0.1) is 0 Å². The van der Waals surface area contributed by atoms with Crippen molar-refractivity contribution in [3.8, 4) is 0 Å². The highest BCUT2D eigenvalue weighted by Crippen LogP contribution is 2.18. The average molecular weight is 381 g/mol. The summed E-state index contributed by atoms with van der Waals surface area (Å²) in [6, 6.07) is 11.2. The van der Waals surface area contributed by atoms with Crippen molar-refractivity contribution < 1.29 is 4.79 Å². The summed E-state index contributed by atoms with van der Waals surface area (Å²) in [5, 5.41) is 6.08. The van der Waals surface area contributed by atoms with Crippen molar-refractivity contribution in [1.82, 2.24) is 4.98 Å². The van der Waals surface area contributed by atoms with Crippen LogP contribution in [0.15, 0.2) is 42.6 Å². The number of rotatable bonds is 5. The Bertz CT molecular complexity index is 601. The molecular weight excluding hydrogens is 365 g/mol. The molecule has 0 bridgehead atoms. The summed E-state index contributed by atoms with van der Waals surface area (Å²) >= 11 is 2.20. The fourth-order valence-electron chi connectivity index (χ4n) is 1.68. The van der Waals surface area contributed by atoms with Gasteiger partial charge in [-0.3, -0.25) is 4.79 Å². The van der Waals surface area contributed by atoms with Gasteiger partial charge in [0.05, 0.1) is 5.69 Å². The number of nitrogens with zero attached hydrogens (tertiary/aromatic N) is 1. The second-order valence-electron chi connectivity index (χ2n) is 4.29. The first-order valence-corrected chi connectivity index (χ1v) is 7.54. The van der Waals surface area contributed by atoms with Gasteiger partial charge >= 0.3 is 0 Å². The standard InChI is InChI=1S/C15H16IN3O/c1-2-8-17-14-10-11(7-9-18-14)15(20)19-13-6-4-3-5-12(13)16/h3-7,9-10H,2,8H2,1H3,(H,17,18)(H,19,20). The Labute approximate surface area is 132 Å². The maximum Gasteiger partial charge on any atom is 0.255 e. The van der Waals surface area contributed by atoms with Gasteiger partial charge in [-0.05, 0) is 53.3 Å². The lowest BCUT2D eigenvalue weighted by atomic mass is 10.2. The second kappa shape index (κ2) is 7.23. The zero-order chi connectivity index (χ0) is 14.4. The first-order chi connectivity index (χ1) is 9.70. The van der Waals surface area contributed by atoms with Gasteiger partial charge in [0.15, 0.2) is 0 Å². The number of carbonyl (C=O) groups is 1. The monoisotopic (exact) mass is 381 g/mol. The van der Waals surface area contributed by atoms with E-state index in [9.17, 15) is 4.79 Å². The number of halogens is 1. The van der Waals surface area contributed by atoms with E-state index in [-0.39, 0.29) is 5.91 Å². The van der Waals surface area contributed by atoms with E-state index in [1.807, 2.05) is 24.3 Å². The molecule has 0 aliphatic carbocycles. The Kier molecular flexibility index (Phi) is 5.34. The summed E-state index contributed by atoms with van der Waals surface area (Å²) < 4.78 is 1.01. The van der Waals surface area contributed by atoms with E-state index in [1.165, 1.54) is 0 Å². The number of pyridine rings is 1. The van der Waals surface area contributed by atoms with Crippen LogP contribution in [-0.4, -0.2) is 17.4 Å². The number of carbonyl (C=O) groups excluding carboxylic acids is 1. The van der Waals surface area contributed by atoms with Crippen LogP contribution >= 0.6 is 22.6 Å². The lowest BCUT2D eigenvalue weighted by molar-refractivity contribution is 0.102. The minimum atomic E-state index is -0.129. The van der Waals surface area contributed by atoms with Crippen LogP contribution in [0.3, 0.4) is 0 Å². The zero-order valence-electron chi connectivity index (χ0n) is 11.2. The summed E-state index contributed by atoms with van der Waals surface area (Å²) in [7, 11) is 0.